The number of ether oxygens (including phenoxy) is 3. The smallest absolute Gasteiger partial charge is 0.339 e. The first-order chi connectivity index (χ1) is 18.7. The first-order valence-corrected chi connectivity index (χ1v) is 13.1. The van der Waals surface area contributed by atoms with Gasteiger partial charge in [-0.15, -0.1) is 0 Å². The third-order valence-electron chi connectivity index (χ3n) is 5.76. The largest absolute Gasteiger partial charge is 0.497 e. The summed E-state index contributed by atoms with van der Waals surface area (Å²) in [6.07, 6.45) is 1.51. The SMILES string of the molecule is COc1ccc(C(=O)N(Cc2ccc(OC)c(OS(=O)(=O)c3ccc(F)cc3)c2)Cc2ccco2)c(OC)c1. The predicted molar refractivity (Wildman–Crippen MR) is 139 cm³/mol. The van der Waals surface area contributed by atoms with Crippen LogP contribution in [0.15, 0.2) is 88.4 Å². The Kier molecular flexibility index (Phi) is 8.40. The van der Waals surface area contributed by atoms with Crippen LogP contribution in [0.1, 0.15) is 21.7 Å². The highest BCUT2D eigenvalue weighted by molar-refractivity contribution is 7.87. The van der Waals surface area contributed by atoms with Crippen molar-refractivity contribution >= 4 is 16.0 Å². The lowest BCUT2D eigenvalue weighted by Crippen LogP contribution is -2.30. The van der Waals surface area contributed by atoms with Gasteiger partial charge in [-0.2, -0.15) is 8.42 Å². The molecule has 0 bridgehead atoms. The molecular weight excluding hydrogens is 529 g/mol. The van der Waals surface area contributed by atoms with E-state index in [-0.39, 0.29) is 35.4 Å². The summed E-state index contributed by atoms with van der Waals surface area (Å²) in [5.41, 5.74) is 0.848. The van der Waals surface area contributed by atoms with Gasteiger partial charge < -0.3 is 27.7 Å². The quantitative estimate of drug-likeness (QED) is 0.237. The molecule has 0 aliphatic heterocycles. The second-order valence-corrected chi connectivity index (χ2v) is 9.83. The zero-order chi connectivity index (χ0) is 28.0. The summed E-state index contributed by atoms with van der Waals surface area (Å²) in [6.45, 7) is 0.183. The van der Waals surface area contributed by atoms with Gasteiger partial charge in [-0.25, -0.2) is 4.39 Å². The molecule has 3 aromatic carbocycles. The molecule has 0 saturated heterocycles. The molecule has 9 nitrogen and oxygen atoms in total. The molecule has 1 amide bonds. The van der Waals surface area contributed by atoms with Crippen LogP contribution in [0.4, 0.5) is 4.39 Å². The van der Waals surface area contributed by atoms with Gasteiger partial charge in [-0.05, 0) is 66.2 Å². The zero-order valence-electron chi connectivity index (χ0n) is 21.4. The number of carbonyl (C=O) groups is 1. The van der Waals surface area contributed by atoms with Crippen LogP contribution in [0.5, 0.6) is 23.0 Å². The van der Waals surface area contributed by atoms with E-state index < -0.39 is 15.9 Å². The molecule has 0 N–H and O–H groups in total. The Labute approximate surface area is 225 Å². The van der Waals surface area contributed by atoms with Crippen molar-refractivity contribution in [3.63, 3.8) is 0 Å². The van der Waals surface area contributed by atoms with Gasteiger partial charge >= 0.3 is 10.1 Å². The second kappa shape index (κ2) is 11.9. The summed E-state index contributed by atoms with van der Waals surface area (Å²) in [7, 11) is 0.0440. The number of amides is 1. The third kappa shape index (κ3) is 6.50. The third-order valence-corrected chi connectivity index (χ3v) is 7.00. The normalized spacial score (nSPS) is 11.1. The van der Waals surface area contributed by atoms with E-state index in [0.717, 1.165) is 24.3 Å². The van der Waals surface area contributed by atoms with Gasteiger partial charge in [0.2, 0.25) is 0 Å². The predicted octanol–water partition coefficient (Wildman–Crippen LogP) is 5.05. The topological polar surface area (TPSA) is 105 Å². The molecule has 204 valence electrons. The number of rotatable bonds is 11. The van der Waals surface area contributed by atoms with E-state index in [1.54, 1.807) is 36.4 Å². The Morgan fingerprint density at radius 1 is 0.846 bits per heavy atom. The van der Waals surface area contributed by atoms with Crippen molar-refractivity contribution in [1.29, 1.82) is 0 Å². The summed E-state index contributed by atoms with van der Waals surface area (Å²) >= 11 is 0. The van der Waals surface area contributed by atoms with Gasteiger partial charge in [0.05, 0.1) is 39.7 Å². The van der Waals surface area contributed by atoms with Gasteiger partial charge in [-0.3, -0.25) is 4.79 Å². The Morgan fingerprint density at radius 2 is 1.59 bits per heavy atom. The van der Waals surface area contributed by atoms with Crippen molar-refractivity contribution in [2.45, 2.75) is 18.0 Å². The fourth-order valence-electron chi connectivity index (χ4n) is 3.81. The van der Waals surface area contributed by atoms with E-state index in [1.807, 2.05) is 0 Å². The fourth-order valence-corrected chi connectivity index (χ4v) is 4.74. The lowest BCUT2D eigenvalue weighted by molar-refractivity contribution is 0.0714. The number of halogens is 1. The molecule has 11 heteroatoms. The summed E-state index contributed by atoms with van der Waals surface area (Å²) < 4.78 is 65.7. The summed E-state index contributed by atoms with van der Waals surface area (Å²) in [6, 6.07) is 17.3. The standard InChI is InChI=1S/C28H26FNO8S/c1-34-21-9-12-24(26(16-21)36-3)28(31)30(18-22-5-4-14-37-22)17-19-6-13-25(35-2)27(15-19)38-39(32,33)23-10-7-20(29)8-11-23/h4-16H,17-18H2,1-3H3. The molecule has 0 fully saturated rings. The van der Waals surface area contributed by atoms with Gasteiger partial charge in [-0.1, -0.05) is 6.07 Å². The van der Waals surface area contributed by atoms with Crippen molar-refractivity contribution in [2.24, 2.45) is 0 Å². The monoisotopic (exact) mass is 555 g/mol. The molecule has 1 aromatic heterocycles. The molecule has 1 heterocycles. The van der Waals surface area contributed by atoms with Crippen LogP contribution in [0.3, 0.4) is 0 Å². The molecule has 39 heavy (non-hydrogen) atoms. The van der Waals surface area contributed by atoms with Crippen molar-refractivity contribution in [3.8, 4) is 23.0 Å². The second-order valence-electron chi connectivity index (χ2n) is 8.28. The number of carbonyl (C=O) groups excluding carboxylic acids is 1. The minimum Gasteiger partial charge on any atom is -0.497 e. The highest BCUT2D eigenvalue weighted by atomic mass is 32.2. The van der Waals surface area contributed by atoms with E-state index in [1.165, 1.54) is 44.6 Å². The molecule has 0 spiro atoms. The van der Waals surface area contributed by atoms with Crippen LogP contribution in [-0.4, -0.2) is 40.6 Å². The van der Waals surface area contributed by atoms with Gasteiger partial charge in [0.15, 0.2) is 11.5 Å². The number of hydrogen-bond acceptors (Lipinski definition) is 8. The molecule has 0 atom stereocenters. The Hall–Kier alpha value is -4.51. The maximum absolute atomic E-state index is 13.7. The molecule has 0 unspecified atom stereocenters. The number of benzene rings is 3. The summed E-state index contributed by atoms with van der Waals surface area (Å²) in [5, 5.41) is 0. The van der Waals surface area contributed by atoms with Crippen LogP contribution in [0, 0.1) is 5.82 Å². The van der Waals surface area contributed by atoms with Crippen LogP contribution in [-0.2, 0) is 23.2 Å². The lowest BCUT2D eigenvalue weighted by Gasteiger charge is -2.23. The van der Waals surface area contributed by atoms with Crippen LogP contribution < -0.4 is 18.4 Å². The zero-order valence-corrected chi connectivity index (χ0v) is 22.2. The first-order valence-electron chi connectivity index (χ1n) is 11.6. The van der Waals surface area contributed by atoms with Crippen molar-refractivity contribution in [2.75, 3.05) is 21.3 Å². The minimum atomic E-state index is -4.29. The van der Waals surface area contributed by atoms with E-state index >= 15 is 0 Å². The van der Waals surface area contributed by atoms with Crippen LogP contribution >= 0.6 is 0 Å². The molecule has 4 rings (SSSR count). The van der Waals surface area contributed by atoms with Crippen LogP contribution in [0.2, 0.25) is 0 Å². The maximum atomic E-state index is 13.7. The lowest BCUT2D eigenvalue weighted by atomic mass is 10.1. The van der Waals surface area contributed by atoms with Gasteiger partial charge in [0, 0.05) is 12.6 Å². The number of nitrogens with zero attached hydrogens (tertiary/aromatic N) is 1. The highest BCUT2D eigenvalue weighted by Crippen LogP contribution is 2.32. The number of hydrogen-bond donors (Lipinski definition) is 0. The van der Waals surface area contributed by atoms with Gasteiger partial charge in [0.25, 0.3) is 5.91 Å². The highest BCUT2D eigenvalue weighted by Gasteiger charge is 2.24. The number of methoxy groups -OCH3 is 3. The van der Waals surface area contributed by atoms with Crippen molar-refractivity contribution in [3.05, 3.63) is 102 Å². The van der Waals surface area contributed by atoms with E-state index in [9.17, 15) is 17.6 Å². The Bertz CT molecular complexity index is 1540. The van der Waals surface area contributed by atoms with Crippen LogP contribution in [0.25, 0.3) is 0 Å². The average Bonchev–Trinajstić information content (AvgIpc) is 3.45. The van der Waals surface area contributed by atoms with Crippen molar-refractivity contribution in [1.82, 2.24) is 4.90 Å². The number of furan rings is 1. The van der Waals surface area contributed by atoms with E-state index in [4.69, 9.17) is 22.8 Å². The Balaban J connectivity index is 1.67. The average molecular weight is 556 g/mol. The molecular formula is C28H26FNO8S. The molecule has 0 radical (unpaired) electrons. The van der Waals surface area contributed by atoms with E-state index in [2.05, 4.69) is 0 Å². The van der Waals surface area contributed by atoms with Crippen molar-refractivity contribution < 1.29 is 40.4 Å². The molecule has 0 saturated carbocycles. The minimum absolute atomic E-state index is 0.0612. The Morgan fingerprint density at radius 3 is 2.23 bits per heavy atom. The van der Waals surface area contributed by atoms with E-state index in [0.29, 0.717) is 28.4 Å². The first kappa shape index (κ1) is 27.5. The molecule has 0 aliphatic carbocycles. The maximum Gasteiger partial charge on any atom is 0.339 e. The summed E-state index contributed by atoms with van der Waals surface area (Å²) in [5.74, 6) is 0.524. The van der Waals surface area contributed by atoms with Gasteiger partial charge in [0.1, 0.15) is 28.0 Å². The molecule has 0 aliphatic rings. The molecule has 4 aromatic rings. The fraction of sp³-hybridized carbons (Fsp3) is 0.179. The summed E-state index contributed by atoms with van der Waals surface area (Å²) in [4.78, 5) is 15.0.